The Morgan fingerprint density at radius 3 is 0.897 bits per heavy atom. The second kappa shape index (κ2) is 14.4. The van der Waals surface area contributed by atoms with Gasteiger partial charge in [-0.05, 0) is 93.0 Å². The molecule has 58 heavy (non-hydrogen) atoms. The van der Waals surface area contributed by atoms with Gasteiger partial charge >= 0.3 is 0 Å². The van der Waals surface area contributed by atoms with Gasteiger partial charge in [-0.1, -0.05) is 146 Å². The summed E-state index contributed by atoms with van der Waals surface area (Å²) in [4.78, 5) is 14.1. The number of nitrogens with zero attached hydrogens (tertiary/aromatic N) is 3. The zero-order chi connectivity index (χ0) is 39.2. The molecule has 1 aliphatic rings. The molecule has 4 nitrogen and oxygen atoms in total. The van der Waals surface area contributed by atoms with Crippen LogP contribution in [0.1, 0.15) is 0 Å². The SMILES string of the molecule is O=P1(c2ccc(-c3ccc(-c4ccc(-c5ccc(-c6nc(-c7ccc(F)cc7)nc(-c7ccc(F)cc7)n6)cc5)cc4)cc3)cc2)c2ccccc2-c2ccccc21. The van der Waals surface area contributed by atoms with E-state index in [2.05, 4.69) is 77.8 Å². The maximum Gasteiger partial charge on any atom is 0.172 e. The Hall–Kier alpha value is -7.14. The van der Waals surface area contributed by atoms with Gasteiger partial charge in [0.05, 0.1) is 0 Å². The van der Waals surface area contributed by atoms with Crippen molar-refractivity contribution in [3.8, 4) is 78.7 Å². The summed E-state index contributed by atoms with van der Waals surface area (Å²) < 4.78 is 42.2. The second-order valence-corrected chi connectivity index (χ2v) is 16.9. The number of hydrogen-bond donors (Lipinski definition) is 0. The molecule has 0 aliphatic carbocycles. The van der Waals surface area contributed by atoms with Crippen molar-refractivity contribution in [2.75, 3.05) is 0 Å². The summed E-state index contributed by atoms with van der Waals surface area (Å²) in [6, 6.07) is 61.3. The van der Waals surface area contributed by atoms with E-state index in [-0.39, 0.29) is 11.6 Å². The Morgan fingerprint density at radius 1 is 0.310 bits per heavy atom. The molecule has 0 bridgehead atoms. The largest absolute Gasteiger partial charge is 0.309 e. The van der Waals surface area contributed by atoms with Crippen molar-refractivity contribution in [1.29, 1.82) is 0 Å². The van der Waals surface area contributed by atoms with Crippen LogP contribution in [0.5, 0.6) is 0 Å². The van der Waals surface area contributed by atoms with E-state index in [0.717, 1.165) is 66.0 Å². The monoisotopic (exact) mass is 771 g/mol. The van der Waals surface area contributed by atoms with Crippen LogP contribution in [0.4, 0.5) is 8.78 Å². The van der Waals surface area contributed by atoms with Crippen molar-refractivity contribution in [3.63, 3.8) is 0 Å². The highest BCUT2D eigenvalue weighted by molar-refractivity contribution is 7.86. The first-order valence-electron chi connectivity index (χ1n) is 18.9. The maximum atomic E-state index is 14.8. The zero-order valence-corrected chi connectivity index (χ0v) is 31.8. The van der Waals surface area contributed by atoms with Gasteiger partial charge in [0, 0.05) is 32.6 Å². The van der Waals surface area contributed by atoms with Crippen LogP contribution in [0, 0.1) is 11.6 Å². The molecule has 0 atom stereocenters. The van der Waals surface area contributed by atoms with Gasteiger partial charge in [-0.2, -0.15) is 0 Å². The number of benzene rings is 8. The molecular weight excluding hydrogens is 740 g/mol. The highest BCUT2D eigenvalue weighted by Gasteiger charge is 2.39. The van der Waals surface area contributed by atoms with Gasteiger partial charge in [0.25, 0.3) is 0 Å². The summed E-state index contributed by atoms with van der Waals surface area (Å²) in [7, 11) is -2.96. The van der Waals surface area contributed by atoms with Gasteiger partial charge in [-0.15, -0.1) is 0 Å². The van der Waals surface area contributed by atoms with Crippen LogP contribution in [-0.4, -0.2) is 15.0 Å². The first kappa shape index (κ1) is 35.3. The first-order chi connectivity index (χ1) is 28.4. The average molecular weight is 772 g/mol. The van der Waals surface area contributed by atoms with Gasteiger partial charge < -0.3 is 4.57 Å². The summed E-state index contributed by atoms with van der Waals surface area (Å²) in [5.41, 5.74) is 10.6. The van der Waals surface area contributed by atoms with Crippen molar-refractivity contribution in [3.05, 3.63) is 206 Å². The molecule has 2 heterocycles. The van der Waals surface area contributed by atoms with Crippen LogP contribution in [0.15, 0.2) is 194 Å². The van der Waals surface area contributed by atoms with E-state index in [0.29, 0.717) is 28.6 Å². The number of hydrogen-bond acceptors (Lipinski definition) is 4. The van der Waals surface area contributed by atoms with Gasteiger partial charge in [-0.3, -0.25) is 0 Å². The van der Waals surface area contributed by atoms with Crippen molar-refractivity contribution < 1.29 is 13.3 Å². The fraction of sp³-hybridized carbons (Fsp3) is 0. The molecule has 0 unspecified atom stereocenters. The summed E-state index contributed by atoms with van der Waals surface area (Å²) in [5.74, 6) is 0.540. The molecule has 0 fully saturated rings. The van der Waals surface area contributed by atoms with Gasteiger partial charge in [-0.25, -0.2) is 23.7 Å². The van der Waals surface area contributed by atoms with Gasteiger partial charge in [0.2, 0.25) is 0 Å². The Kier molecular flexibility index (Phi) is 8.77. The van der Waals surface area contributed by atoms with Crippen LogP contribution in [0.2, 0.25) is 0 Å². The molecule has 0 saturated heterocycles. The molecule has 0 radical (unpaired) electrons. The zero-order valence-electron chi connectivity index (χ0n) is 30.9. The van der Waals surface area contributed by atoms with E-state index in [1.807, 2.05) is 72.8 Å². The normalized spacial score (nSPS) is 12.5. The Labute approximate surface area is 334 Å². The van der Waals surface area contributed by atoms with E-state index in [4.69, 9.17) is 9.97 Å². The predicted octanol–water partition coefficient (Wildman–Crippen LogP) is 11.8. The fourth-order valence-electron chi connectivity index (χ4n) is 7.71. The topological polar surface area (TPSA) is 55.7 Å². The summed E-state index contributed by atoms with van der Waals surface area (Å²) in [6.07, 6.45) is 0. The van der Waals surface area contributed by atoms with Crippen LogP contribution in [0.25, 0.3) is 78.7 Å². The third-order valence-corrected chi connectivity index (χ3v) is 13.9. The quantitative estimate of drug-likeness (QED) is 0.151. The second-order valence-electron chi connectivity index (χ2n) is 14.2. The van der Waals surface area contributed by atoms with Crippen molar-refractivity contribution >= 4 is 23.1 Å². The summed E-state index contributed by atoms with van der Waals surface area (Å²) in [5, 5.41) is 2.66. The van der Waals surface area contributed by atoms with E-state index in [1.54, 1.807) is 24.3 Å². The number of fused-ring (bicyclic) bond motifs is 3. The number of aromatic nitrogens is 3. The average Bonchev–Trinajstić information content (AvgIpc) is 3.55. The Morgan fingerprint density at radius 2 is 0.569 bits per heavy atom. The standard InChI is InChI=1S/C51H32F2N3OP/c52-42-27-21-40(22-28-42)50-54-49(55-51(56-50)41-23-29-43(53)30-24-41)39-19-17-37(18-20-39)35-11-9-33(10-12-35)34-13-15-36(16-14-34)38-25-31-44(32-26-38)58(57)47-7-3-1-5-45(47)46-6-2-4-8-48(46)58/h1-32H. The minimum absolute atomic E-state index is 0.351. The molecule has 276 valence electrons. The molecule has 1 aromatic heterocycles. The Bertz CT molecular complexity index is 2890. The lowest BCUT2D eigenvalue weighted by atomic mass is 9.97. The van der Waals surface area contributed by atoms with Gasteiger partial charge in [0.1, 0.15) is 11.6 Å². The Balaban J connectivity index is 0.872. The highest BCUT2D eigenvalue weighted by Crippen LogP contribution is 2.52. The smallest absolute Gasteiger partial charge is 0.172 e. The maximum absolute atomic E-state index is 14.8. The fourth-order valence-corrected chi connectivity index (χ4v) is 10.8. The minimum Gasteiger partial charge on any atom is -0.309 e. The lowest BCUT2D eigenvalue weighted by molar-refractivity contribution is 0.593. The van der Waals surface area contributed by atoms with E-state index >= 15 is 0 Å². The molecule has 9 aromatic rings. The van der Waals surface area contributed by atoms with E-state index < -0.39 is 7.14 Å². The molecular formula is C51H32F2N3OP. The molecule has 0 saturated carbocycles. The molecule has 0 amide bonds. The minimum atomic E-state index is -2.96. The van der Waals surface area contributed by atoms with Crippen LogP contribution in [0.3, 0.4) is 0 Å². The molecule has 8 aromatic carbocycles. The molecule has 1 aliphatic heterocycles. The van der Waals surface area contributed by atoms with Crippen molar-refractivity contribution in [2.24, 2.45) is 0 Å². The predicted molar refractivity (Wildman–Crippen MR) is 231 cm³/mol. The number of rotatable bonds is 7. The van der Waals surface area contributed by atoms with Crippen LogP contribution in [-0.2, 0) is 4.57 Å². The summed E-state index contributed by atoms with van der Waals surface area (Å²) >= 11 is 0. The molecule has 10 rings (SSSR count). The highest BCUT2D eigenvalue weighted by atomic mass is 31.2. The van der Waals surface area contributed by atoms with Crippen LogP contribution >= 0.6 is 7.14 Å². The molecule has 0 spiro atoms. The molecule has 0 N–H and O–H groups in total. The first-order valence-corrected chi connectivity index (χ1v) is 20.6. The third-order valence-electron chi connectivity index (χ3n) is 10.8. The van der Waals surface area contributed by atoms with Crippen LogP contribution < -0.4 is 15.9 Å². The van der Waals surface area contributed by atoms with Crippen molar-refractivity contribution in [2.45, 2.75) is 0 Å². The lowest BCUT2D eigenvalue weighted by Gasteiger charge is -2.16. The third kappa shape index (κ3) is 6.34. The lowest BCUT2D eigenvalue weighted by Crippen LogP contribution is -2.20. The van der Waals surface area contributed by atoms with Crippen molar-refractivity contribution in [1.82, 2.24) is 15.0 Å². The van der Waals surface area contributed by atoms with E-state index in [9.17, 15) is 13.3 Å². The summed E-state index contributed by atoms with van der Waals surface area (Å²) in [6.45, 7) is 0. The van der Waals surface area contributed by atoms with Gasteiger partial charge in [0.15, 0.2) is 24.6 Å². The van der Waals surface area contributed by atoms with E-state index in [1.165, 1.54) is 24.3 Å². The molecule has 7 heteroatoms. The number of halogens is 2.